The molecule has 0 atom stereocenters. The Hall–Kier alpha value is -2.16. The van der Waals surface area contributed by atoms with Gasteiger partial charge in [0.2, 0.25) is 0 Å². The van der Waals surface area contributed by atoms with E-state index in [1.54, 1.807) is 0 Å². The van der Waals surface area contributed by atoms with Crippen LogP contribution < -0.4 is 0 Å². The van der Waals surface area contributed by atoms with Gasteiger partial charge in [-0.15, -0.1) is 0 Å². The molecule has 3 nitrogen and oxygen atoms in total. The molecule has 0 bridgehead atoms. The van der Waals surface area contributed by atoms with Crippen molar-refractivity contribution in [2.24, 2.45) is 0 Å². The second kappa shape index (κ2) is 6.55. The lowest BCUT2D eigenvalue weighted by atomic mass is 10.0. The van der Waals surface area contributed by atoms with Crippen molar-refractivity contribution in [3.05, 3.63) is 82.1 Å². The summed E-state index contributed by atoms with van der Waals surface area (Å²) in [6, 6.07) is 8.15. The molecular formula is C15H17NO2. The number of nitro groups is 1. The largest absolute Gasteiger partial charge is 0.271 e. The van der Waals surface area contributed by atoms with Gasteiger partial charge in [-0.2, -0.15) is 0 Å². The number of benzene rings is 1. The van der Waals surface area contributed by atoms with Gasteiger partial charge in [-0.1, -0.05) is 49.1 Å². The van der Waals surface area contributed by atoms with Crippen LogP contribution in [0.15, 0.2) is 60.8 Å². The smallest absolute Gasteiger partial charge is 0.258 e. The first-order chi connectivity index (χ1) is 8.58. The molecule has 0 unspecified atom stereocenters. The van der Waals surface area contributed by atoms with Gasteiger partial charge in [-0.25, -0.2) is 0 Å². The Labute approximate surface area is 107 Å². The molecule has 94 valence electrons. The molecule has 0 aromatic heterocycles. The second-order valence-corrected chi connectivity index (χ2v) is 4.06. The summed E-state index contributed by atoms with van der Waals surface area (Å²) in [7, 11) is 0. The summed E-state index contributed by atoms with van der Waals surface area (Å²) in [5, 5.41) is 10.8. The predicted molar refractivity (Wildman–Crippen MR) is 73.9 cm³/mol. The maximum Gasteiger partial charge on any atom is 0.271 e. The molecule has 0 spiro atoms. The van der Waals surface area contributed by atoms with Gasteiger partial charge in [-0.3, -0.25) is 10.1 Å². The minimum atomic E-state index is -0.418. The van der Waals surface area contributed by atoms with Crippen molar-refractivity contribution in [2.75, 3.05) is 0 Å². The number of aryl methyl sites for hydroxylation is 2. The molecule has 0 amide bonds. The van der Waals surface area contributed by atoms with E-state index < -0.39 is 4.92 Å². The summed E-state index contributed by atoms with van der Waals surface area (Å²) in [5.74, 6) is 0. The minimum absolute atomic E-state index is 0.0390. The van der Waals surface area contributed by atoms with E-state index in [2.05, 4.69) is 13.2 Å². The summed E-state index contributed by atoms with van der Waals surface area (Å²) < 4.78 is 0. The van der Waals surface area contributed by atoms with Gasteiger partial charge in [0.1, 0.15) is 0 Å². The van der Waals surface area contributed by atoms with Crippen LogP contribution >= 0.6 is 0 Å². The predicted octanol–water partition coefficient (Wildman–Crippen LogP) is 3.83. The standard InChI is InChI=1S/C15H17NO2/c1-4-14(15(5-2)16(17)18)11-10-13-8-6-12(3)7-9-13/h4-9H,1-2,10-11H2,3H3/b15-14-. The first-order valence-electron chi connectivity index (χ1n) is 5.76. The number of rotatable bonds is 6. The van der Waals surface area contributed by atoms with Crippen LogP contribution in [0.3, 0.4) is 0 Å². The van der Waals surface area contributed by atoms with E-state index in [1.165, 1.54) is 17.7 Å². The molecule has 0 N–H and O–H groups in total. The summed E-state index contributed by atoms with van der Waals surface area (Å²) in [6.07, 6.45) is 4.15. The Morgan fingerprint density at radius 2 is 1.89 bits per heavy atom. The van der Waals surface area contributed by atoms with Crippen LogP contribution in [0, 0.1) is 17.0 Å². The van der Waals surface area contributed by atoms with Crippen molar-refractivity contribution in [1.29, 1.82) is 0 Å². The lowest BCUT2D eigenvalue weighted by Gasteiger charge is -2.04. The van der Waals surface area contributed by atoms with E-state index in [0.29, 0.717) is 12.0 Å². The Bertz CT molecular complexity index is 484. The maximum atomic E-state index is 10.8. The van der Waals surface area contributed by atoms with Crippen LogP contribution in [0.1, 0.15) is 17.5 Å². The summed E-state index contributed by atoms with van der Waals surface area (Å²) in [6.45, 7) is 9.13. The first-order valence-corrected chi connectivity index (χ1v) is 5.76. The summed E-state index contributed by atoms with van der Waals surface area (Å²) >= 11 is 0. The highest BCUT2D eigenvalue weighted by Gasteiger charge is 2.11. The molecule has 18 heavy (non-hydrogen) atoms. The molecule has 3 heteroatoms. The molecule has 0 aliphatic heterocycles. The average molecular weight is 243 g/mol. The highest BCUT2D eigenvalue weighted by atomic mass is 16.6. The summed E-state index contributed by atoms with van der Waals surface area (Å²) in [5.41, 5.74) is 3.02. The molecule has 0 fully saturated rings. The molecule has 1 aromatic carbocycles. The van der Waals surface area contributed by atoms with E-state index >= 15 is 0 Å². The van der Waals surface area contributed by atoms with Gasteiger partial charge in [0.15, 0.2) is 0 Å². The van der Waals surface area contributed by atoms with E-state index in [-0.39, 0.29) is 5.70 Å². The number of nitrogens with zero attached hydrogens (tertiary/aromatic N) is 1. The Morgan fingerprint density at radius 3 is 2.33 bits per heavy atom. The third-order valence-electron chi connectivity index (χ3n) is 2.77. The van der Waals surface area contributed by atoms with Gasteiger partial charge in [0.25, 0.3) is 5.70 Å². The van der Waals surface area contributed by atoms with Crippen molar-refractivity contribution < 1.29 is 4.92 Å². The third-order valence-corrected chi connectivity index (χ3v) is 2.77. The molecule has 1 rings (SSSR count). The van der Waals surface area contributed by atoms with Crippen molar-refractivity contribution in [1.82, 2.24) is 0 Å². The molecule has 0 saturated carbocycles. The van der Waals surface area contributed by atoms with Crippen LogP contribution in [0.2, 0.25) is 0 Å². The SMILES string of the molecule is C=C/C(CCc1ccc(C)cc1)=C(\C=C)[N+](=O)[O-]. The van der Waals surface area contributed by atoms with Crippen LogP contribution in [0.25, 0.3) is 0 Å². The Kier molecular flexibility index (Phi) is 5.06. The monoisotopic (exact) mass is 243 g/mol. The van der Waals surface area contributed by atoms with Gasteiger partial charge in [0.05, 0.1) is 4.92 Å². The van der Waals surface area contributed by atoms with Crippen LogP contribution in [-0.4, -0.2) is 4.92 Å². The van der Waals surface area contributed by atoms with Crippen molar-refractivity contribution in [3.63, 3.8) is 0 Å². The normalized spacial score (nSPS) is 11.6. The number of hydrogen-bond donors (Lipinski definition) is 0. The third kappa shape index (κ3) is 3.70. The highest BCUT2D eigenvalue weighted by molar-refractivity contribution is 5.28. The van der Waals surface area contributed by atoms with E-state index in [1.807, 2.05) is 31.2 Å². The molecule has 0 heterocycles. The molecule has 0 aliphatic rings. The van der Waals surface area contributed by atoms with Crippen LogP contribution in [-0.2, 0) is 6.42 Å². The van der Waals surface area contributed by atoms with Crippen molar-refractivity contribution >= 4 is 0 Å². The minimum Gasteiger partial charge on any atom is -0.258 e. The van der Waals surface area contributed by atoms with Crippen LogP contribution in [0.5, 0.6) is 0 Å². The second-order valence-electron chi connectivity index (χ2n) is 4.06. The zero-order valence-corrected chi connectivity index (χ0v) is 10.6. The van der Waals surface area contributed by atoms with Crippen molar-refractivity contribution in [3.8, 4) is 0 Å². The van der Waals surface area contributed by atoms with Gasteiger partial charge < -0.3 is 0 Å². The van der Waals surface area contributed by atoms with Crippen molar-refractivity contribution in [2.45, 2.75) is 19.8 Å². The Morgan fingerprint density at radius 1 is 1.28 bits per heavy atom. The molecule has 0 saturated heterocycles. The fourth-order valence-electron chi connectivity index (χ4n) is 1.69. The lowest BCUT2D eigenvalue weighted by Crippen LogP contribution is -2.00. The maximum absolute atomic E-state index is 10.8. The zero-order valence-electron chi connectivity index (χ0n) is 10.6. The quantitative estimate of drug-likeness (QED) is 0.433. The molecule has 0 radical (unpaired) electrons. The molecular weight excluding hydrogens is 226 g/mol. The fourth-order valence-corrected chi connectivity index (χ4v) is 1.69. The highest BCUT2D eigenvalue weighted by Crippen LogP contribution is 2.16. The van der Waals surface area contributed by atoms with Gasteiger partial charge >= 0.3 is 0 Å². The lowest BCUT2D eigenvalue weighted by molar-refractivity contribution is -0.420. The topological polar surface area (TPSA) is 43.1 Å². The number of hydrogen-bond acceptors (Lipinski definition) is 2. The van der Waals surface area contributed by atoms with E-state index in [4.69, 9.17) is 0 Å². The van der Waals surface area contributed by atoms with Gasteiger partial charge in [0, 0.05) is 11.6 Å². The molecule has 1 aromatic rings. The molecule has 0 aliphatic carbocycles. The van der Waals surface area contributed by atoms with Gasteiger partial charge in [-0.05, 0) is 25.3 Å². The number of allylic oxidation sites excluding steroid dienone is 3. The first kappa shape index (κ1) is 13.9. The fraction of sp³-hybridized carbons (Fsp3) is 0.200. The average Bonchev–Trinajstić information content (AvgIpc) is 2.35. The van der Waals surface area contributed by atoms with E-state index in [9.17, 15) is 10.1 Å². The zero-order chi connectivity index (χ0) is 13.5. The van der Waals surface area contributed by atoms with E-state index in [0.717, 1.165) is 12.0 Å². The summed E-state index contributed by atoms with van der Waals surface area (Å²) in [4.78, 5) is 10.4. The Balaban J connectivity index is 2.82. The van der Waals surface area contributed by atoms with Crippen LogP contribution in [0.4, 0.5) is 0 Å².